The minimum absolute atomic E-state index is 0.0736. The summed E-state index contributed by atoms with van der Waals surface area (Å²) in [5.41, 5.74) is 4.81. The fraction of sp³-hybridized carbons (Fsp3) is 0.125. The number of aryl methyl sites for hydroxylation is 2. The van der Waals surface area contributed by atoms with E-state index >= 15 is 0 Å². The molecule has 5 aromatic rings. The second kappa shape index (κ2) is 8.87. The van der Waals surface area contributed by atoms with Gasteiger partial charge < -0.3 is 9.63 Å². The van der Waals surface area contributed by atoms with Gasteiger partial charge in [-0.25, -0.2) is 4.98 Å². The third kappa shape index (κ3) is 4.35. The number of benzene rings is 2. The van der Waals surface area contributed by atoms with Gasteiger partial charge in [-0.05, 0) is 31.5 Å². The Morgan fingerprint density at radius 3 is 2.58 bits per heavy atom. The molecule has 0 saturated heterocycles. The minimum Gasteiger partial charge on any atom is -0.493 e. The first-order chi connectivity index (χ1) is 16.1. The standard InChI is InChI=1S/C24H20N6O2S/c1-15-7-9-17(10-8-15)22-26-21(32-29-22)14-33-24-28-27-23(18-11-12-25-20(31)13-18)30(24)19-6-4-3-5-16(19)2/h3-13H,14H2,1-2H3,(H,25,31). The second-order valence-corrected chi connectivity index (χ2v) is 8.44. The summed E-state index contributed by atoms with van der Waals surface area (Å²) in [4.78, 5) is 8.39. The number of hydrogen-bond acceptors (Lipinski definition) is 8. The van der Waals surface area contributed by atoms with Crippen LogP contribution in [-0.2, 0) is 5.75 Å². The highest BCUT2D eigenvalue weighted by molar-refractivity contribution is 7.98. The van der Waals surface area contributed by atoms with Gasteiger partial charge in [0.1, 0.15) is 0 Å². The van der Waals surface area contributed by atoms with Gasteiger partial charge >= 0.3 is 0 Å². The molecule has 0 aliphatic rings. The van der Waals surface area contributed by atoms with Crippen molar-refractivity contribution in [2.24, 2.45) is 0 Å². The summed E-state index contributed by atoms with van der Waals surface area (Å²) in [5, 5.41) is 23.5. The molecule has 0 radical (unpaired) electrons. The van der Waals surface area contributed by atoms with Gasteiger partial charge in [0.25, 0.3) is 0 Å². The summed E-state index contributed by atoms with van der Waals surface area (Å²) in [6.07, 6.45) is 1.54. The number of aromatic hydroxyl groups is 1. The summed E-state index contributed by atoms with van der Waals surface area (Å²) >= 11 is 1.45. The van der Waals surface area contributed by atoms with E-state index in [1.54, 1.807) is 18.3 Å². The lowest BCUT2D eigenvalue weighted by atomic mass is 10.1. The van der Waals surface area contributed by atoms with Crippen LogP contribution in [0.3, 0.4) is 0 Å². The molecule has 0 saturated carbocycles. The highest BCUT2D eigenvalue weighted by Gasteiger charge is 2.19. The van der Waals surface area contributed by atoms with Gasteiger partial charge in [-0.2, -0.15) is 4.98 Å². The molecule has 0 unspecified atom stereocenters. The first-order valence-electron chi connectivity index (χ1n) is 10.3. The van der Waals surface area contributed by atoms with Crippen molar-refractivity contribution in [2.75, 3.05) is 0 Å². The molecule has 0 aliphatic carbocycles. The fourth-order valence-electron chi connectivity index (χ4n) is 3.40. The smallest absolute Gasteiger partial charge is 0.237 e. The van der Waals surface area contributed by atoms with Crippen molar-refractivity contribution in [3.8, 4) is 34.3 Å². The van der Waals surface area contributed by atoms with Gasteiger partial charge in [0, 0.05) is 23.4 Å². The summed E-state index contributed by atoms with van der Waals surface area (Å²) in [5.74, 6) is 2.02. The zero-order valence-electron chi connectivity index (χ0n) is 18.0. The van der Waals surface area contributed by atoms with E-state index in [-0.39, 0.29) is 5.88 Å². The van der Waals surface area contributed by atoms with E-state index in [4.69, 9.17) is 4.52 Å². The van der Waals surface area contributed by atoms with Crippen LogP contribution in [0.2, 0.25) is 0 Å². The van der Waals surface area contributed by atoms with Crippen molar-refractivity contribution in [2.45, 2.75) is 24.8 Å². The Balaban J connectivity index is 1.46. The molecule has 5 rings (SSSR count). The maximum absolute atomic E-state index is 9.86. The Morgan fingerprint density at radius 2 is 1.79 bits per heavy atom. The summed E-state index contributed by atoms with van der Waals surface area (Å²) in [6, 6.07) is 19.3. The zero-order chi connectivity index (χ0) is 22.8. The predicted molar refractivity (Wildman–Crippen MR) is 125 cm³/mol. The topological polar surface area (TPSA) is 103 Å². The first-order valence-corrected chi connectivity index (χ1v) is 11.3. The monoisotopic (exact) mass is 456 g/mol. The molecule has 9 heteroatoms. The van der Waals surface area contributed by atoms with Gasteiger partial charge in [-0.1, -0.05) is 64.9 Å². The Bertz CT molecular complexity index is 1410. The van der Waals surface area contributed by atoms with Crippen LogP contribution in [0.15, 0.2) is 76.5 Å². The van der Waals surface area contributed by atoms with Crippen molar-refractivity contribution in [1.29, 1.82) is 0 Å². The Morgan fingerprint density at radius 1 is 0.970 bits per heavy atom. The number of hydrogen-bond donors (Lipinski definition) is 1. The number of thioether (sulfide) groups is 1. The lowest BCUT2D eigenvalue weighted by Gasteiger charge is -2.12. The number of nitrogens with zero attached hydrogens (tertiary/aromatic N) is 6. The van der Waals surface area contributed by atoms with Crippen LogP contribution in [0.1, 0.15) is 17.0 Å². The van der Waals surface area contributed by atoms with E-state index in [1.165, 1.54) is 17.3 Å². The average Bonchev–Trinajstić information content (AvgIpc) is 3.46. The number of aromatic nitrogens is 6. The summed E-state index contributed by atoms with van der Waals surface area (Å²) in [6.45, 7) is 4.07. The largest absolute Gasteiger partial charge is 0.493 e. The quantitative estimate of drug-likeness (QED) is 0.356. The van der Waals surface area contributed by atoms with Gasteiger partial charge in [0.05, 0.1) is 11.4 Å². The number of rotatable bonds is 6. The maximum Gasteiger partial charge on any atom is 0.237 e. The summed E-state index contributed by atoms with van der Waals surface area (Å²) < 4.78 is 7.43. The van der Waals surface area contributed by atoms with E-state index < -0.39 is 0 Å². The normalized spacial score (nSPS) is 11.1. The van der Waals surface area contributed by atoms with Crippen LogP contribution >= 0.6 is 11.8 Å². The van der Waals surface area contributed by atoms with Crippen LogP contribution in [0, 0.1) is 13.8 Å². The molecule has 33 heavy (non-hydrogen) atoms. The average molecular weight is 457 g/mol. The first kappa shape index (κ1) is 20.9. The molecule has 0 aliphatic heterocycles. The van der Waals surface area contributed by atoms with Gasteiger partial charge in [-0.15, -0.1) is 10.2 Å². The van der Waals surface area contributed by atoms with Crippen LogP contribution in [0.25, 0.3) is 28.5 Å². The third-order valence-electron chi connectivity index (χ3n) is 5.10. The lowest BCUT2D eigenvalue weighted by Crippen LogP contribution is -2.02. The van der Waals surface area contributed by atoms with Crippen molar-refractivity contribution < 1.29 is 9.63 Å². The van der Waals surface area contributed by atoms with E-state index in [9.17, 15) is 5.11 Å². The van der Waals surface area contributed by atoms with E-state index in [2.05, 4.69) is 25.3 Å². The van der Waals surface area contributed by atoms with Crippen molar-refractivity contribution >= 4 is 11.8 Å². The van der Waals surface area contributed by atoms with Crippen molar-refractivity contribution in [3.05, 3.63) is 83.9 Å². The molecule has 0 spiro atoms. The molecule has 164 valence electrons. The van der Waals surface area contributed by atoms with E-state index in [1.807, 2.05) is 66.9 Å². The Labute approximate surface area is 194 Å². The third-order valence-corrected chi connectivity index (χ3v) is 6.01. The van der Waals surface area contributed by atoms with Gasteiger partial charge in [-0.3, -0.25) is 4.57 Å². The molecule has 0 amide bonds. The van der Waals surface area contributed by atoms with Crippen molar-refractivity contribution in [1.82, 2.24) is 29.9 Å². The molecule has 0 bridgehead atoms. The molecular formula is C24H20N6O2S. The Hall–Kier alpha value is -3.98. The van der Waals surface area contributed by atoms with Gasteiger partial charge in [0.2, 0.25) is 17.6 Å². The molecule has 8 nitrogen and oxygen atoms in total. The molecule has 3 heterocycles. The fourth-order valence-corrected chi connectivity index (χ4v) is 4.18. The lowest BCUT2D eigenvalue weighted by molar-refractivity contribution is 0.391. The molecule has 3 aromatic heterocycles. The molecular weight excluding hydrogens is 436 g/mol. The van der Waals surface area contributed by atoms with Crippen LogP contribution < -0.4 is 0 Å². The number of pyridine rings is 1. The molecule has 1 N–H and O–H groups in total. The Kier molecular flexibility index (Phi) is 5.62. The SMILES string of the molecule is Cc1ccc(-c2noc(CSc3nnc(-c4ccnc(O)c4)n3-c3ccccc3C)n2)cc1. The van der Waals surface area contributed by atoms with Crippen LogP contribution in [0.5, 0.6) is 5.88 Å². The zero-order valence-corrected chi connectivity index (χ0v) is 18.8. The maximum atomic E-state index is 9.86. The van der Waals surface area contributed by atoms with E-state index in [0.29, 0.717) is 34.0 Å². The molecule has 0 atom stereocenters. The minimum atomic E-state index is -0.0736. The molecule has 2 aromatic carbocycles. The van der Waals surface area contributed by atoms with E-state index in [0.717, 1.165) is 16.8 Å². The highest BCUT2D eigenvalue weighted by Crippen LogP contribution is 2.31. The molecule has 0 fully saturated rings. The van der Waals surface area contributed by atoms with Gasteiger partial charge in [0.15, 0.2) is 11.0 Å². The summed E-state index contributed by atoms with van der Waals surface area (Å²) in [7, 11) is 0. The highest BCUT2D eigenvalue weighted by atomic mass is 32.2. The van der Waals surface area contributed by atoms with Crippen molar-refractivity contribution in [3.63, 3.8) is 0 Å². The van der Waals surface area contributed by atoms with Crippen LogP contribution in [-0.4, -0.2) is 35.0 Å². The number of para-hydroxylation sites is 1. The second-order valence-electron chi connectivity index (χ2n) is 7.50. The predicted octanol–water partition coefficient (Wildman–Crippen LogP) is 4.99. The van der Waals surface area contributed by atoms with Crippen LogP contribution in [0.4, 0.5) is 0 Å².